The molecule has 0 spiro atoms. The molecule has 0 aliphatic rings. The third-order valence-corrected chi connectivity index (χ3v) is 8.60. The van der Waals surface area contributed by atoms with E-state index in [1.165, 1.54) is 76.5 Å². The van der Waals surface area contributed by atoms with Crippen molar-refractivity contribution in [3.05, 3.63) is 157 Å². The van der Waals surface area contributed by atoms with Crippen LogP contribution in [0, 0.1) is 0 Å². The summed E-state index contributed by atoms with van der Waals surface area (Å²) in [6.07, 6.45) is 2.17. The van der Waals surface area contributed by atoms with Crippen molar-refractivity contribution in [3.63, 3.8) is 0 Å². The van der Waals surface area contributed by atoms with Gasteiger partial charge in [0, 0.05) is 0 Å². The Labute approximate surface area is 313 Å². The van der Waals surface area contributed by atoms with Crippen LogP contribution in [-0.2, 0) is 36.2 Å². The summed E-state index contributed by atoms with van der Waals surface area (Å²) in [5.41, 5.74) is 8.37. The van der Waals surface area contributed by atoms with E-state index in [1.54, 1.807) is 23.3 Å². The van der Waals surface area contributed by atoms with Gasteiger partial charge in [0.15, 0.2) is 0 Å². The van der Waals surface area contributed by atoms with Crippen LogP contribution in [0.5, 0.6) is 0 Å². The minimum atomic E-state index is 0. The summed E-state index contributed by atoms with van der Waals surface area (Å²) in [6, 6.07) is 52.9. The molecule has 0 unspecified atom stereocenters. The summed E-state index contributed by atoms with van der Waals surface area (Å²) in [5.74, 6) is 0. The first-order valence-electron chi connectivity index (χ1n) is 16.3. The molecule has 0 saturated heterocycles. The van der Waals surface area contributed by atoms with Gasteiger partial charge in [-0.3, -0.25) is 0 Å². The molecule has 8 rings (SSSR count). The average Bonchev–Trinajstić information content (AvgIpc) is 3.72. The van der Waals surface area contributed by atoms with Crippen molar-refractivity contribution in [3.8, 4) is 22.3 Å². The first-order valence-corrected chi connectivity index (χ1v) is 22.5. The Balaban J connectivity index is 0.000000188. The van der Waals surface area contributed by atoms with Crippen LogP contribution in [0.25, 0.3) is 65.3 Å². The molecular formula is C44H42Cl2SiZr. The molecule has 0 fully saturated rings. The van der Waals surface area contributed by atoms with Crippen LogP contribution in [0.1, 0.15) is 25.0 Å². The van der Waals surface area contributed by atoms with Crippen LogP contribution in [0.4, 0.5) is 0 Å². The minimum Gasteiger partial charge on any atom is -0.147 e. The van der Waals surface area contributed by atoms with Gasteiger partial charge in [-0.15, -0.1) is 93.9 Å². The topological polar surface area (TPSA) is 0 Å². The third kappa shape index (κ3) is 8.30. The van der Waals surface area contributed by atoms with Gasteiger partial charge in [0.05, 0.1) is 0 Å². The van der Waals surface area contributed by atoms with Crippen LogP contribution in [0.2, 0.25) is 13.1 Å². The second kappa shape index (κ2) is 17.4. The maximum Gasteiger partial charge on any atom is -0.147 e. The Morgan fingerprint density at radius 1 is 0.458 bits per heavy atom. The third-order valence-electron chi connectivity index (χ3n) is 8.60. The first kappa shape index (κ1) is 37.6. The van der Waals surface area contributed by atoms with Crippen molar-refractivity contribution in [2.24, 2.45) is 0 Å². The molecule has 4 heteroatoms. The van der Waals surface area contributed by atoms with Crippen molar-refractivity contribution in [2.75, 3.05) is 0 Å². The molecule has 0 saturated carbocycles. The zero-order valence-electron chi connectivity index (χ0n) is 28.1. The average molecular weight is 761 g/mol. The number of aryl methyl sites for hydroxylation is 2. The molecule has 0 nitrogen and oxygen atoms in total. The number of hydrogen-bond acceptors (Lipinski definition) is 0. The molecular weight excluding hydrogens is 719 g/mol. The van der Waals surface area contributed by atoms with Gasteiger partial charge in [0.1, 0.15) is 0 Å². The number of halogens is 2. The quantitative estimate of drug-likeness (QED) is 0.124. The Morgan fingerprint density at radius 2 is 0.771 bits per heavy atom. The second-order valence-corrected chi connectivity index (χ2v) is 21.5. The van der Waals surface area contributed by atoms with E-state index in [2.05, 4.69) is 173 Å². The SMILES string of the molecule is CCc1cc2c(-c3cccc4ccccc34)cccc2[cH-]1.CCc1cc2c(-c3cccc4ccccc34)cccc2[cH-]1.C[Si](C)=[Zr+2].Cl.Cl. The van der Waals surface area contributed by atoms with Gasteiger partial charge in [0.25, 0.3) is 0 Å². The Bertz CT molecular complexity index is 2120. The number of benzene rings is 6. The van der Waals surface area contributed by atoms with E-state index in [0.717, 1.165) is 12.8 Å². The molecule has 0 atom stereocenters. The molecule has 0 radical (unpaired) electrons. The van der Waals surface area contributed by atoms with E-state index in [0.29, 0.717) is 0 Å². The molecule has 0 amide bonds. The van der Waals surface area contributed by atoms with Gasteiger partial charge in [0.2, 0.25) is 0 Å². The monoisotopic (exact) mass is 758 g/mol. The van der Waals surface area contributed by atoms with Gasteiger partial charge in [-0.05, 0) is 45.5 Å². The first-order chi connectivity index (χ1) is 22.5. The van der Waals surface area contributed by atoms with Gasteiger partial charge in [-0.25, -0.2) is 0 Å². The molecule has 240 valence electrons. The molecule has 0 aliphatic heterocycles. The molecule has 0 aliphatic carbocycles. The number of fused-ring (bicyclic) bond motifs is 4. The van der Waals surface area contributed by atoms with E-state index in [1.807, 2.05) is 0 Å². The van der Waals surface area contributed by atoms with Crippen molar-refractivity contribution >= 4 is 73.3 Å². The smallest absolute Gasteiger partial charge is 0.147 e. The standard InChI is InChI=1S/2C21H17.C2H6Si.2ClH.Zr/c2*1-2-15-13-17-9-6-12-20(21(17)14-15)19-11-5-8-16-7-3-4-10-18(16)19;1-3-2;;;/h2*3-14H,2H2,1H3;1-2H3;2*1H;/q2*-1;;;;+2. The number of rotatable bonds is 4. The zero-order valence-corrected chi connectivity index (χ0v) is 33.2. The van der Waals surface area contributed by atoms with E-state index in [4.69, 9.17) is 0 Å². The molecule has 8 aromatic rings. The maximum atomic E-state index is 2.34. The fraction of sp³-hybridized carbons (Fsp3) is 0.136. The van der Waals surface area contributed by atoms with Crippen LogP contribution in [-0.4, -0.2) is 5.43 Å². The van der Waals surface area contributed by atoms with E-state index >= 15 is 0 Å². The predicted octanol–water partition coefficient (Wildman–Crippen LogP) is 13.5. The predicted molar refractivity (Wildman–Crippen MR) is 216 cm³/mol. The Morgan fingerprint density at radius 3 is 1.15 bits per heavy atom. The Hall–Kier alpha value is -3.26. The fourth-order valence-corrected chi connectivity index (χ4v) is 6.39. The summed E-state index contributed by atoms with van der Waals surface area (Å²) >= 11 is 1.74. The van der Waals surface area contributed by atoms with E-state index in [-0.39, 0.29) is 30.2 Å². The second-order valence-electron chi connectivity index (χ2n) is 12.1. The molecule has 48 heavy (non-hydrogen) atoms. The Kier molecular flexibility index (Phi) is 13.6. The van der Waals surface area contributed by atoms with Gasteiger partial charge >= 0.3 is 41.9 Å². The zero-order chi connectivity index (χ0) is 32.0. The molecule has 0 bridgehead atoms. The van der Waals surface area contributed by atoms with Crippen LogP contribution >= 0.6 is 24.8 Å². The van der Waals surface area contributed by atoms with Gasteiger partial charge in [-0.1, -0.05) is 122 Å². The molecule has 8 aromatic carbocycles. The van der Waals surface area contributed by atoms with Crippen molar-refractivity contribution < 1.29 is 23.3 Å². The summed E-state index contributed by atoms with van der Waals surface area (Å²) in [4.78, 5) is 0. The van der Waals surface area contributed by atoms with Gasteiger partial charge in [-0.2, -0.15) is 12.1 Å². The molecule has 0 heterocycles. The summed E-state index contributed by atoms with van der Waals surface area (Å²) in [7, 11) is 0. The van der Waals surface area contributed by atoms with Crippen LogP contribution < -0.4 is 0 Å². The van der Waals surface area contributed by atoms with Crippen molar-refractivity contribution in [1.29, 1.82) is 0 Å². The van der Waals surface area contributed by atoms with Gasteiger partial charge < -0.3 is 0 Å². The summed E-state index contributed by atoms with van der Waals surface area (Å²) in [6.45, 7) is 9.05. The number of hydrogen-bond donors (Lipinski definition) is 0. The summed E-state index contributed by atoms with van der Waals surface area (Å²) < 4.78 is 0. The van der Waals surface area contributed by atoms with E-state index < -0.39 is 0 Å². The fourth-order valence-electron chi connectivity index (χ4n) is 6.39. The molecule has 0 aromatic heterocycles. The van der Waals surface area contributed by atoms with E-state index in [9.17, 15) is 0 Å². The van der Waals surface area contributed by atoms with Crippen molar-refractivity contribution in [2.45, 2.75) is 39.8 Å². The minimum absolute atomic E-state index is 0. The normalized spacial score (nSPS) is 10.5. The van der Waals surface area contributed by atoms with Crippen molar-refractivity contribution in [1.82, 2.24) is 0 Å². The van der Waals surface area contributed by atoms with Crippen LogP contribution in [0.3, 0.4) is 0 Å². The van der Waals surface area contributed by atoms with Crippen LogP contribution in [0.15, 0.2) is 146 Å². The maximum absolute atomic E-state index is 2.34. The summed E-state index contributed by atoms with van der Waals surface area (Å²) in [5, 5.41) is 10.7. The largest absolute Gasteiger partial charge is 0.147 e. The molecule has 0 N–H and O–H groups in total.